The molecular weight excluding hydrogens is 448 g/mol. The van der Waals surface area contributed by atoms with E-state index < -0.39 is 18.9 Å². The Morgan fingerprint density at radius 2 is 1.91 bits per heavy atom. The van der Waals surface area contributed by atoms with Crippen molar-refractivity contribution in [3.8, 4) is 0 Å². The highest BCUT2D eigenvalue weighted by Gasteiger charge is 2.32. The highest BCUT2D eigenvalue weighted by atomic mass is 32.2. The van der Waals surface area contributed by atoms with Crippen LogP contribution < -0.4 is 14.8 Å². The minimum atomic E-state index is -0.602. The second-order valence-electron chi connectivity index (χ2n) is 7.60. The number of nitrogens with zero attached hydrogens (tertiary/aromatic N) is 4. The van der Waals surface area contributed by atoms with E-state index in [1.807, 2.05) is 37.4 Å². The van der Waals surface area contributed by atoms with Crippen LogP contribution in [0.15, 0.2) is 35.3 Å². The number of thiophene rings is 1. The van der Waals surface area contributed by atoms with Crippen LogP contribution in [0, 0.1) is 6.92 Å². The number of aryl methyl sites for hydroxylation is 1. The number of anilines is 1. The largest absolute Gasteiger partial charge is 0.427 e. The number of hydrogen-bond donors (Lipinski definition) is 0. The number of piperazine rings is 1. The quantitative estimate of drug-likeness (QED) is 0.486. The first kappa shape index (κ1) is 22.6. The zero-order chi connectivity index (χ0) is 22.7. The number of carbonyl (C=O) groups is 2. The molecule has 0 spiro atoms. The molecular formula is C22H26N4O4S2. The molecule has 0 atom stereocenters. The fraction of sp³-hybridized carbons (Fsp3) is 0.409. The van der Waals surface area contributed by atoms with E-state index in [2.05, 4.69) is 22.9 Å². The first-order valence-electron chi connectivity index (χ1n) is 10.3. The third kappa shape index (κ3) is 4.77. The molecule has 0 unspecified atom stereocenters. The normalized spacial score (nSPS) is 16.0. The number of para-hydroxylation sites is 2. The van der Waals surface area contributed by atoms with Crippen LogP contribution in [0.2, 0.25) is 0 Å². The highest BCUT2D eigenvalue weighted by Crippen LogP contribution is 2.34. The molecule has 0 N–H and O–H groups in total. The molecule has 32 heavy (non-hydrogen) atoms. The first-order chi connectivity index (χ1) is 15.5. The van der Waals surface area contributed by atoms with Crippen molar-refractivity contribution in [1.29, 1.82) is 0 Å². The number of fused-ring (bicyclic) bond motifs is 2. The zero-order valence-electron chi connectivity index (χ0n) is 18.4. The van der Waals surface area contributed by atoms with Gasteiger partial charge < -0.3 is 19.3 Å². The van der Waals surface area contributed by atoms with E-state index in [0.29, 0.717) is 11.4 Å². The number of carbonyl (C=O) groups excluding carboxylic acids is 2. The van der Waals surface area contributed by atoms with Gasteiger partial charge in [0.2, 0.25) is 6.79 Å². The van der Waals surface area contributed by atoms with Gasteiger partial charge in [-0.05, 0) is 38.4 Å². The van der Waals surface area contributed by atoms with Gasteiger partial charge in [-0.1, -0.05) is 12.1 Å². The standard InChI is InChI=1S/C22H26N4O4S2/c1-15-12-16-20(32-15)23-17-6-4-5-7-18(17)26(21(16)25-10-8-24(2)9-11-25)22(28)30-14-29-19(27)13-31-3/h4-7,12H,8-11,13-14H2,1-3H3. The Kier molecular flexibility index (Phi) is 7.02. The lowest BCUT2D eigenvalue weighted by molar-refractivity contribution is -0.148. The topological polar surface area (TPSA) is 74.7 Å². The predicted octanol–water partition coefficient (Wildman–Crippen LogP) is 2.14. The summed E-state index contributed by atoms with van der Waals surface area (Å²) in [5, 5.41) is 0.907. The maximum absolute atomic E-state index is 13.4. The monoisotopic (exact) mass is 474 g/mol. The number of likely N-dealkylation sites (N-methyl/N-ethyl adjacent to an activating group) is 1. The van der Waals surface area contributed by atoms with Crippen LogP contribution in [0.1, 0.15) is 4.88 Å². The van der Waals surface area contributed by atoms with Crippen LogP contribution in [-0.2, 0) is 14.3 Å². The lowest BCUT2D eigenvalue weighted by Gasteiger charge is -2.38. The highest BCUT2D eigenvalue weighted by molar-refractivity contribution is 7.99. The molecule has 0 saturated carbocycles. The zero-order valence-corrected chi connectivity index (χ0v) is 20.0. The van der Waals surface area contributed by atoms with Gasteiger partial charge in [0.1, 0.15) is 10.5 Å². The van der Waals surface area contributed by atoms with Crippen molar-refractivity contribution in [2.45, 2.75) is 6.92 Å². The molecule has 2 aromatic rings. The summed E-state index contributed by atoms with van der Waals surface area (Å²) in [6, 6.07) is 9.59. The summed E-state index contributed by atoms with van der Waals surface area (Å²) in [4.78, 5) is 37.1. The van der Waals surface area contributed by atoms with Crippen molar-refractivity contribution >= 4 is 52.4 Å². The second-order valence-corrected chi connectivity index (χ2v) is 9.70. The predicted molar refractivity (Wildman–Crippen MR) is 127 cm³/mol. The minimum absolute atomic E-state index is 0.208. The van der Waals surface area contributed by atoms with Gasteiger partial charge in [0.15, 0.2) is 0 Å². The van der Waals surface area contributed by atoms with Gasteiger partial charge >= 0.3 is 12.1 Å². The molecule has 1 amide bonds. The third-order valence-corrected chi connectivity index (χ3v) is 6.75. The molecule has 8 nitrogen and oxygen atoms in total. The molecule has 1 aromatic heterocycles. The SMILES string of the molecule is CSCC(=O)OCOC(=O)N1C(N2CCN(C)CC2)=c2cc(C)sc2=Nc2ccccc21. The minimum Gasteiger partial charge on any atom is -0.427 e. The lowest BCUT2D eigenvalue weighted by atomic mass is 10.2. The maximum atomic E-state index is 13.4. The Balaban J connectivity index is 1.76. The van der Waals surface area contributed by atoms with E-state index in [-0.39, 0.29) is 5.75 Å². The number of hydrogen-bond acceptors (Lipinski definition) is 9. The van der Waals surface area contributed by atoms with Gasteiger partial charge in [-0.3, -0.25) is 4.79 Å². The first-order valence-corrected chi connectivity index (χ1v) is 12.5. The summed E-state index contributed by atoms with van der Waals surface area (Å²) in [5.74, 6) is 0.543. The van der Waals surface area contributed by atoms with E-state index in [9.17, 15) is 9.59 Å². The molecule has 10 heteroatoms. The Bertz CT molecular complexity index is 1130. The fourth-order valence-electron chi connectivity index (χ4n) is 3.72. The summed E-state index contributed by atoms with van der Waals surface area (Å²) < 4.78 is 11.3. The molecule has 0 radical (unpaired) electrons. The molecule has 3 heterocycles. The van der Waals surface area contributed by atoms with Crippen molar-refractivity contribution in [3.05, 3.63) is 45.1 Å². The van der Waals surface area contributed by atoms with Gasteiger partial charge in [0.25, 0.3) is 0 Å². The summed E-state index contributed by atoms with van der Waals surface area (Å²) in [5.41, 5.74) is 1.33. The van der Waals surface area contributed by atoms with Crippen molar-refractivity contribution in [3.63, 3.8) is 0 Å². The summed E-state index contributed by atoms with van der Waals surface area (Å²) >= 11 is 2.95. The van der Waals surface area contributed by atoms with Gasteiger partial charge in [-0.15, -0.1) is 11.3 Å². The van der Waals surface area contributed by atoms with Crippen LogP contribution in [0.4, 0.5) is 16.2 Å². The molecule has 0 aliphatic carbocycles. The average Bonchev–Trinajstić information content (AvgIpc) is 3.06. The van der Waals surface area contributed by atoms with Crippen LogP contribution in [-0.4, -0.2) is 73.9 Å². The summed E-state index contributed by atoms with van der Waals surface area (Å²) in [6.07, 6.45) is 1.21. The molecule has 170 valence electrons. The van der Waals surface area contributed by atoms with Crippen molar-refractivity contribution in [2.24, 2.45) is 4.99 Å². The lowest BCUT2D eigenvalue weighted by Crippen LogP contribution is -2.51. The maximum Gasteiger partial charge on any atom is 0.423 e. The third-order valence-electron chi connectivity index (χ3n) is 5.28. The van der Waals surface area contributed by atoms with Crippen molar-refractivity contribution in [2.75, 3.05) is 56.9 Å². The summed E-state index contributed by atoms with van der Waals surface area (Å²) in [6.45, 7) is 4.92. The van der Waals surface area contributed by atoms with Crippen LogP contribution in [0.5, 0.6) is 0 Å². The Morgan fingerprint density at radius 1 is 1.16 bits per heavy atom. The Morgan fingerprint density at radius 3 is 2.66 bits per heavy atom. The molecule has 2 aliphatic rings. The molecule has 1 fully saturated rings. The van der Waals surface area contributed by atoms with E-state index in [1.165, 1.54) is 11.8 Å². The van der Waals surface area contributed by atoms with Crippen LogP contribution >= 0.6 is 23.1 Å². The average molecular weight is 475 g/mol. The molecule has 4 rings (SSSR count). The molecule has 1 aromatic carbocycles. The van der Waals surface area contributed by atoms with Crippen LogP contribution in [0.3, 0.4) is 0 Å². The van der Waals surface area contributed by atoms with Crippen molar-refractivity contribution < 1.29 is 19.1 Å². The number of amides is 1. The van der Waals surface area contributed by atoms with Gasteiger partial charge in [0, 0.05) is 31.1 Å². The smallest absolute Gasteiger partial charge is 0.423 e. The second kappa shape index (κ2) is 9.93. The van der Waals surface area contributed by atoms with Gasteiger partial charge in [-0.25, -0.2) is 14.7 Å². The Hall–Kier alpha value is -2.56. The summed E-state index contributed by atoms with van der Waals surface area (Å²) in [7, 11) is 2.09. The number of ether oxygens (including phenoxy) is 2. The van der Waals surface area contributed by atoms with Crippen LogP contribution in [0.25, 0.3) is 5.82 Å². The van der Waals surface area contributed by atoms with Crippen molar-refractivity contribution in [1.82, 2.24) is 9.80 Å². The molecule has 0 bridgehead atoms. The number of thioether (sulfide) groups is 1. The number of benzene rings is 1. The van der Waals surface area contributed by atoms with Gasteiger partial charge in [-0.2, -0.15) is 11.8 Å². The fourth-order valence-corrected chi connectivity index (χ4v) is 4.93. The van der Waals surface area contributed by atoms with Gasteiger partial charge in [0.05, 0.1) is 22.3 Å². The molecule has 2 aliphatic heterocycles. The van der Waals surface area contributed by atoms with E-state index >= 15 is 0 Å². The van der Waals surface area contributed by atoms with E-state index in [0.717, 1.165) is 46.8 Å². The number of esters is 1. The number of rotatable bonds is 5. The van der Waals surface area contributed by atoms with E-state index in [4.69, 9.17) is 14.5 Å². The Labute approximate surface area is 195 Å². The molecule has 1 saturated heterocycles. The van der Waals surface area contributed by atoms with E-state index in [1.54, 1.807) is 16.2 Å².